The van der Waals surface area contributed by atoms with Crippen molar-refractivity contribution < 1.29 is 4.79 Å². The third kappa shape index (κ3) is 4.27. The van der Waals surface area contributed by atoms with E-state index in [1.54, 1.807) is 0 Å². The van der Waals surface area contributed by atoms with Gasteiger partial charge in [-0.3, -0.25) is 9.69 Å². The van der Waals surface area contributed by atoms with Crippen molar-refractivity contribution >= 4 is 5.91 Å². The summed E-state index contributed by atoms with van der Waals surface area (Å²) < 4.78 is 1.42. The van der Waals surface area contributed by atoms with Crippen LogP contribution in [-0.2, 0) is 11.3 Å². The topological polar surface area (TPSA) is 75.9 Å². The van der Waals surface area contributed by atoms with Crippen molar-refractivity contribution in [1.29, 1.82) is 0 Å². The van der Waals surface area contributed by atoms with Gasteiger partial charge in [0.25, 0.3) is 0 Å². The van der Waals surface area contributed by atoms with E-state index in [0.29, 0.717) is 12.6 Å². The van der Waals surface area contributed by atoms with Crippen molar-refractivity contribution in [1.82, 2.24) is 30.4 Å². The van der Waals surface area contributed by atoms with Crippen LogP contribution in [0.1, 0.15) is 32.6 Å². The Hall–Kier alpha value is -1.50. The average Bonchev–Trinajstić information content (AvgIpc) is 2.92. The van der Waals surface area contributed by atoms with Gasteiger partial charge in [-0.25, -0.2) is 4.68 Å². The maximum atomic E-state index is 11.7. The summed E-state index contributed by atoms with van der Waals surface area (Å²) in [4.78, 5) is 14.1. The number of likely N-dealkylation sites (tertiary alicyclic amines) is 1. The molecule has 1 atom stereocenters. The number of carbonyl (C=O) groups is 1. The van der Waals surface area contributed by atoms with Crippen molar-refractivity contribution in [3.05, 3.63) is 6.33 Å². The van der Waals surface area contributed by atoms with Crippen LogP contribution in [0.15, 0.2) is 6.33 Å². The predicted octanol–water partition coefficient (Wildman–Crippen LogP) is 0.0538. The quantitative estimate of drug-likeness (QED) is 0.787. The Kier molecular flexibility index (Phi) is 5.26. The molecule has 106 valence electrons. The zero-order valence-corrected chi connectivity index (χ0v) is 11.5. The van der Waals surface area contributed by atoms with Crippen LogP contribution in [0.5, 0.6) is 0 Å². The molecule has 0 radical (unpaired) electrons. The maximum absolute atomic E-state index is 11.7. The summed E-state index contributed by atoms with van der Waals surface area (Å²) in [6.45, 7) is 5.20. The minimum Gasteiger partial charge on any atom is -0.353 e. The van der Waals surface area contributed by atoms with Crippen LogP contribution in [0, 0.1) is 0 Å². The lowest BCUT2D eigenvalue weighted by Gasteiger charge is -2.35. The van der Waals surface area contributed by atoms with Crippen LogP contribution in [0.2, 0.25) is 0 Å². The summed E-state index contributed by atoms with van der Waals surface area (Å²) in [6.07, 6.45) is 6.53. The van der Waals surface area contributed by atoms with Crippen LogP contribution < -0.4 is 5.32 Å². The molecular weight excluding hydrogens is 244 g/mol. The van der Waals surface area contributed by atoms with Crippen LogP contribution in [0.3, 0.4) is 0 Å². The van der Waals surface area contributed by atoms with Crippen LogP contribution in [0.4, 0.5) is 0 Å². The molecule has 1 unspecified atom stereocenters. The second kappa shape index (κ2) is 7.18. The van der Waals surface area contributed by atoms with Gasteiger partial charge in [0.2, 0.25) is 5.91 Å². The minimum atomic E-state index is -0.0441. The highest BCUT2D eigenvalue weighted by Crippen LogP contribution is 2.18. The monoisotopic (exact) mass is 266 g/mol. The Balaban J connectivity index is 1.66. The molecule has 1 N–H and O–H groups in total. The maximum Gasteiger partial charge on any atom is 0.241 e. The molecule has 1 fully saturated rings. The number of tetrazole rings is 1. The summed E-state index contributed by atoms with van der Waals surface area (Å²) in [5, 5.41) is 13.6. The predicted molar refractivity (Wildman–Crippen MR) is 70.3 cm³/mol. The molecule has 0 aromatic carbocycles. The molecule has 1 aliphatic heterocycles. The molecule has 1 aromatic heterocycles. The number of nitrogens with zero attached hydrogens (tertiary/aromatic N) is 5. The molecule has 19 heavy (non-hydrogen) atoms. The first-order chi connectivity index (χ1) is 9.29. The van der Waals surface area contributed by atoms with E-state index < -0.39 is 0 Å². The van der Waals surface area contributed by atoms with Crippen molar-refractivity contribution in [2.45, 2.75) is 45.2 Å². The molecule has 2 rings (SSSR count). The third-order valence-electron chi connectivity index (χ3n) is 3.64. The van der Waals surface area contributed by atoms with Crippen molar-refractivity contribution in [3.63, 3.8) is 0 Å². The SMILES string of the molecule is CCC1CCCCN1CCNC(=O)Cn1cnnn1. The van der Waals surface area contributed by atoms with Gasteiger partial charge in [0.1, 0.15) is 12.9 Å². The highest BCUT2D eigenvalue weighted by molar-refractivity contribution is 5.75. The van der Waals surface area contributed by atoms with E-state index in [0.717, 1.165) is 13.1 Å². The third-order valence-corrected chi connectivity index (χ3v) is 3.64. The zero-order chi connectivity index (χ0) is 13.5. The van der Waals surface area contributed by atoms with E-state index in [1.807, 2.05) is 0 Å². The highest BCUT2D eigenvalue weighted by atomic mass is 16.2. The number of carbonyl (C=O) groups excluding carboxylic acids is 1. The number of nitrogens with one attached hydrogen (secondary N) is 1. The fraction of sp³-hybridized carbons (Fsp3) is 0.833. The van der Waals surface area contributed by atoms with E-state index in [2.05, 4.69) is 32.7 Å². The van der Waals surface area contributed by atoms with Crippen molar-refractivity contribution in [3.8, 4) is 0 Å². The summed E-state index contributed by atoms with van der Waals surface area (Å²) in [5.74, 6) is -0.0441. The molecule has 1 amide bonds. The summed E-state index contributed by atoms with van der Waals surface area (Å²) >= 11 is 0. The van der Waals surface area contributed by atoms with Gasteiger partial charge < -0.3 is 5.32 Å². The second-order valence-electron chi connectivity index (χ2n) is 4.95. The van der Waals surface area contributed by atoms with Crippen molar-refractivity contribution in [2.75, 3.05) is 19.6 Å². The number of rotatable bonds is 6. The molecule has 0 aliphatic carbocycles. The highest BCUT2D eigenvalue weighted by Gasteiger charge is 2.20. The number of aromatic nitrogens is 4. The van der Waals surface area contributed by atoms with Gasteiger partial charge in [-0.2, -0.15) is 0 Å². The molecule has 0 bridgehead atoms. The first-order valence-corrected chi connectivity index (χ1v) is 7.01. The summed E-state index contributed by atoms with van der Waals surface area (Å²) in [5.41, 5.74) is 0. The molecule has 2 heterocycles. The van der Waals surface area contributed by atoms with E-state index in [9.17, 15) is 4.79 Å². The van der Waals surface area contributed by atoms with Crippen LogP contribution >= 0.6 is 0 Å². The number of hydrogen-bond donors (Lipinski definition) is 1. The van der Waals surface area contributed by atoms with Crippen LogP contribution in [0.25, 0.3) is 0 Å². The Morgan fingerprint density at radius 1 is 1.47 bits per heavy atom. The van der Waals surface area contributed by atoms with Gasteiger partial charge in [-0.1, -0.05) is 13.3 Å². The number of amides is 1. The van der Waals surface area contributed by atoms with Crippen molar-refractivity contribution in [2.24, 2.45) is 0 Å². The van der Waals surface area contributed by atoms with E-state index >= 15 is 0 Å². The van der Waals surface area contributed by atoms with Gasteiger partial charge >= 0.3 is 0 Å². The Bertz CT molecular complexity index is 380. The molecule has 1 aliphatic rings. The molecule has 0 saturated carbocycles. The Morgan fingerprint density at radius 2 is 2.37 bits per heavy atom. The lowest BCUT2D eigenvalue weighted by molar-refractivity contribution is -0.121. The fourth-order valence-electron chi connectivity index (χ4n) is 2.61. The standard InChI is InChI=1S/C12H22N6O/c1-2-11-5-3-4-7-17(11)8-6-13-12(19)9-18-10-14-15-16-18/h10-11H,2-9H2,1H3,(H,13,19). The summed E-state index contributed by atoms with van der Waals surface area (Å²) in [7, 11) is 0. The molecule has 7 heteroatoms. The zero-order valence-electron chi connectivity index (χ0n) is 11.5. The van der Waals surface area contributed by atoms with Gasteiger partial charge in [0.05, 0.1) is 0 Å². The Morgan fingerprint density at radius 3 is 3.11 bits per heavy atom. The van der Waals surface area contributed by atoms with Gasteiger partial charge in [-0.15, -0.1) is 5.10 Å². The first-order valence-electron chi connectivity index (χ1n) is 7.01. The number of hydrogen-bond acceptors (Lipinski definition) is 5. The summed E-state index contributed by atoms with van der Waals surface area (Å²) in [6, 6.07) is 0.685. The average molecular weight is 266 g/mol. The van der Waals surface area contributed by atoms with E-state index in [4.69, 9.17) is 0 Å². The minimum absolute atomic E-state index is 0.0441. The van der Waals surface area contributed by atoms with E-state index in [1.165, 1.54) is 36.7 Å². The van der Waals surface area contributed by atoms with Gasteiger partial charge in [0.15, 0.2) is 0 Å². The van der Waals surface area contributed by atoms with Gasteiger partial charge in [0, 0.05) is 19.1 Å². The second-order valence-corrected chi connectivity index (χ2v) is 4.95. The molecule has 1 aromatic rings. The normalized spacial score (nSPS) is 20.4. The molecular formula is C12H22N6O. The van der Waals surface area contributed by atoms with Crippen LogP contribution in [-0.4, -0.2) is 56.7 Å². The smallest absolute Gasteiger partial charge is 0.241 e. The first kappa shape index (κ1) is 13.9. The molecule has 0 spiro atoms. The number of piperidine rings is 1. The fourth-order valence-corrected chi connectivity index (χ4v) is 2.61. The largest absolute Gasteiger partial charge is 0.353 e. The molecule has 7 nitrogen and oxygen atoms in total. The molecule has 1 saturated heterocycles. The lowest BCUT2D eigenvalue weighted by Crippen LogP contribution is -2.44. The lowest BCUT2D eigenvalue weighted by atomic mass is 10.0. The van der Waals surface area contributed by atoms with Gasteiger partial charge in [-0.05, 0) is 36.2 Å². The Labute approximate surface area is 113 Å². The van der Waals surface area contributed by atoms with E-state index in [-0.39, 0.29) is 12.5 Å².